The first kappa shape index (κ1) is 30.1. The minimum Gasteiger partial charge on any atom is -0.512 e. The zero-order valence-electron chi connectivity index (χ0n) is 23.3. The molecule has 9 nitrogen and oxygen atoms in total. The number of rotatable bonds is 11. The fourth-order valence-electron chi connectivity index (χ4n) is 5.79. The molecule has 1 spiro atoms. The molecule has 1 aromatic heterocycles. The van der Waals surface area contributed by atoms with E-state index in [2.05, 4.69) is 5.32 Å². The van der Waals surface area contributed by atoms with E-state index in [0.29, 0.717) is 53.0 Å². The van der Waals surface area contributed by atoms with Crippen LogP contribution in [0.25, 0.3) is 17.0 Å². The van der Waals surface area contributed by atoms with Crippen molar-refractivity contribution in [3.63, 3.8) is 0 Å². The highest BCUT2D eigenvalue weighted by Crippen LogP contribution is 2.58. The standard InChI is InChI=1S/C28H36ClF2N5O4/c1-15-23(22(16(2)32)17(3)37)34-24(20-8-19(6-7-21(20)29)40-10-18(38)9-33-4)35-25(15)36-13-27(14-36)11-28(12-27,39-5)26(30)31/h6-8,18,26,32-33,37-38H,9-14H2,1-5H3/b22-17+,32-16?/t18-/m1/s1. The number of benzene rings is 1. The van der Waals surface area contributed by atoms with Gasteiger partial charge in [-0.05, 0) is 58.9 Å². The van der Waals surface area contributed by atoms with Gasteiger partial charge in [-0.2, -0.15) is 0 Å². The Morgan fingerprint density at radius 1 is 1.25 bits per heavy atom. The zero-order chi connectivity index (χ0) is 29.4. The molecule has 1 saturated heterocycles. The Labute approximate surface area is 237 Å². The summed E-state index contributed by atoms with van der Waals surface area (Å²) >= 11 is 6.58. The molecule has 1 aliphatic carbocycles. The van der Waals surface area contributed by atoms with Crippen molar-refractivity contribution in [1.82, 2.24) is 15.3 Å². The number of hydrogen-bond acceptors (Lipinski definition) is 9. The predicted molar refractivity (Wildman–Crippen MR) is 151 cm³/mol. The van der Waals surface area contributed by atoms with Crippen LogP contribution in [0.4, 0.5) is 14.6 Å². The molecule has 2 heterocycles. The van der Waals surface area contributed by atoms with Crippen molar-refractivity contribution in [3.8, 4) is 17.1 Å². The van der Waals surface area contributed by atoms with E-state index in [9.17, 15) is 19.0 Å². The monoisotopic (exact) mass is 579 g/mol. The predicted octanol–water partition coefficient (Wildman–Crippen LogP) is 4.64. The van der Waals surface area contributed by atoms with Crippen LogP contribution in [-0.2, 0) is 4.74 Å². The van der Waals surface area contributed by atoms with Crippen LogP contribution in [0, 0.1) is 17.7 Å². The number of aromatic nitrogens is 2. The SMILES string of the molecule is CNC[C@@H](O)COc1ccc(Cl)c(-c2nc(/C(C(C)=N)=C(\C)O)c(C)c(N3CC4(C3)CC(OC)(C(F)F)C4)n2)c1. The number of aliphatic hydroxyl groups is 2. The van der Waals surface area contributed by atoms with Crippen molar-refractivity contribution in [1.29, 1.82) is 5.41 Å². The Morgan fingerprint density at radius 3 is 2.48 bits per heavy atom. The zero-order valence-corrected chi connectivity index (χ0v) is 24.1. The summed E-state index contributed by atoms with van der Waals surface area (Å²) in [5.74, 6) is 1.23. The molecule has 0 amide bonds. The Bertz CT molecular complexity index is 1300. The fourth-order valence-corrected chi connectivity index (χ4v) is 5.99. The number of halogens is 3. The molecule has 2 aromatic rings. The van der Waals surface area contributed by atoms with Gasteiger partial charge in [0.15, 0.2) is 5.82 Å². The highest BCUT2D eigenvalue weighted by Gasteiger charge is 2.64. The number of nitrogens with zero attached hydrogens (tertiary/aromatic N) is 3. The second kappa shape index (κ2) is 11.6. The lowest BCUT2D eigenvalue weighted by molar-refractivity contribution is -0.225. The molecular formula is C28H36ClF2N5O4. The number of hydrogen-bond donors (Lipinski definition) is 4. The molecule has 40 heavy (non-hydrogen) atoms. The molecule has 12 heteroatoms. The summed E-state index contributed by atoms with van der Waals surface area (Å²) in [7, 11) is 3.06. The average molecular weight is 580 g/mol. The minimum atomic E-state index is -2.55. The first-order valence-corrected chi connectivity index (χ1v) is 13.4. The topological polar surface area (TPSA) is 124 Å². The van der Waals surface area contributed by atoms with Gasteiger partial charge in [0.2, 0.25) is 0 Å². The summed E-state index contributed by atoms with van der Waals surface area (Å²) in [5, 5.41) is 32.0. The van der Waals surface area contributed by atoms with Crippen LogP contribution >= 0.6 is 11.6 Å². The van der Waals surface area contributed by atoms with Crippen LogP contribution < -0.4 is 15.0 Å². The number of methoxy groups -OCH3 is 1. The number of aliphatic hydroxyl groups excluding tert-OH is 2. The lowest BCUT2D eigenvalue weighted by atomic mass is 9.55. The molecular weight excluding hydrogens is 544 g/mol. The molecule has 4 rings (SSSR count). The maximum Gasteiger partial charge on any atom is 0.267 e. The van der Waals surface area contributed by atoms with E-state index >= 15 is 0 Å². The van der Waals surface area contributed by atoms with Gasteiger partial charge >= 0.3 is 0 Å². The molecule has 0 bridgehead atoms. The number of alkyl halides is 2. The van der Waals surface area contributed by atoms with Crippen molar-refractivity contribution in [2.75, 3.05) is 45.3 Å². The van der Waals surface area contributed by atoms with Crippen molar-refractivity contribution in [3.05, 3.63) is 40.2 Å². The van der Waals surface area contributed by atoms with Crippen molar-refractivity contribution < 1.29 is 28.5 Å². The Balaban J connectivity index is 1.72. The Kier molecular flexibility index (Phi) is 8.70. The molecule has 4 N–H and O–H groups in total. The Hall–Kier alpha value is -2.86. The quantitative estimate of drug-likeness (QED) is 0.224. The smallest absolute Gasteiger partial charge is 0.267 e. The summed E-state index contributed by atoms with van der Waals surface area (Å²) in [4.78, 5) is 11.6. The summed E-state index contributed by atoms with van der Waals surface area (Å²) in [6.45, 7) is 6.34. The van der Waals surface area contributed by atoms with Crippen LogP contribution in [0.1, 0.15) is 37.9 Å². The van der Waals surface area contributed by atoms with Gasteiger partial charge in [-0.25, -0.2) is 18.7 Å². The molecule has 2 aliphatic rings. The van der Waals surface area contributed by atoms with Gasteiger partial charge < -0.3 is 35.3 Å². The van der Waals surface area contributed by atoms with E-state index in [4.69, 9.17) is 36.5 Å². The normalized spacial score (nSPS) is 18.7. The number of ether oxygens (including phenoxy) is 2. The third-order valence-corrected chi connectivity index (χ3v) is 7.99. The first-order chi connectivity index (χ1) is 18.8. The fraction of sp³-hybridized carbons (Fsp3) is 0.536. The number of nitrogens with one attached hydrogen (secondary N) is 2. The highest BCUT2D eigenvalue weighted by molar-refractivity contribution is 6.33. The lowest BCUT2D eigenvalue weighted by Gasteiger charge is -2.63. The van der Waals surface area contributed by atoms with Crippen LogP contribution in [0.15, 0.2) is 24.0 Å². The van der Waals surface area contributed by atoms with E-state index in [1.807, 2.05) is 11.8 Å². The van der Waals surface area contributed by atoms with E-state index in [0.717, 1.165) is 0 Å². The average Bonchev–Trinajstić information content (AvgIpc) is 2.83. The van der Waals surface area contributed by atoms with Crippen LogP contribution in [0.5, 0.6) is 5.75 Å². The van der Waals surface area contributed by atoms with Gasteiger partial charge in [-0.3, -0.25) is 0 Å². The number of allylic oxidation sites excluding steroid dienone is 2. The maximum absolute atomic E-state index is 13.6. The third kappa shape index (κ3) is 5.65. The van der Waals surface area contributed by atoms with Gasteiger partial charge in [0, 0.05) is 49.0 Å². The highest BCUT2D eigenvalue weighted by atomic mass is 35.5. The second-order valence-electron chi connectivity index (χ2n) is 10.9. The van der Waals surface area contributed by atoms with Crippen molar-refractivity contribution in [2.24, 2.45) is 5.41 Å². The largest absolute Gasteiger partial charge is 0.512 e. The van der Waals surface area contributed by atoms with E-state index in [1.54, 1.807) is 32.2 Å². The van der Waals surface area contributed by atoms with Crippen LogP contribution in [0.3, 0.4) is 0 Å². The van der Waals surface area contributed by atoms with E-state index in [-0.39, 0.29) is 47.7 Å². The minimum absolute atomic E-state index is 0.0613. The molecule has 0 unspecified atom stereocenters. The van der Waals surface area contributed by atoms with Gasteiger partial charge in [0.25, 0.3) is 6.43 Å². The van der Waals surface area contributed by atoms with Gasteiger partial charge in [-0.1, -0.05) is 11.6 Å². The van der Waals surface area contributed by atoms with Gasteiger partial charge in [-0.15, -0.1) is 0 Å². The summed E-state index contributed by atoms with van der Waals surface area (Å²) < 4.78 is 38.2. The summed E-state index contributed by atoms with van der Waals surface area (Å²) in [6, 6.07) is 5.01. The van der Waals surface area contributed by atoms with E-state index in [1.165, 1.54) is 14.0 Å². The van der Waals surface area contributed by atoms with Crippen molar-refractivity contribution >= 4 is 28.7 Å². The second-order valence-corrected chi connectivity index (χ2v) is 11.3. The van der Waals surface area contributed by atoms with Gasteiger partial charge in [0.1, 0.15) is 35.6 Å². The molecule has 1 saturated carbocycles. The van der Waals surface area contributed by atoms with Crippen molar-refractivity contribution in [2.45, 2.75) is 51.7 Å². The molecule has 1 atom stereocenters. The molecule has 1 aliphatic heterocycles. The lowest BCUT2D eigenvalue weighted by Crippen LogP contribution is -2.70. The molecule has 1 aromatic carbocycles. The third-order valence-electron chi connectivity index (χ3n) is 7.66. The first-order valence-electron chi connectivity index (χ1n) is 13.0. The number of likely N-dealkylation sites (N-methyl/N-ethyl adjacent to an activating group) is 1. The maximum atomic E-state index is 13.6. The molecule has 0 radical (unpaired) electrons. The Morgan fingerprint density at radius 2 is 1.93 bits per heavy atom. The summed E-state index contributed by atoms with van der Waals surface area (Å²) in [5.41, 5.74) is 0.215. The van der Waals surface area contributed by atoms with Crippen LogP contribution in [-0.4, -0.2) is 84.4 Å². The van der Waals surface area contributed by atoms with Gasteiger partial charge in [0.05, 0.1) is 16.3 Å². The molecule has 2 fully saturated rings. The molecule has 218 valence electrons. The van der Waals surface area contributed by atoms with E-state index < -0.39 is 18.1 Å². The summed E-state index contributed by atoms with van der Waals surface area (Å²) in [6.07, 6.45) is -2.73. The number of anilines is 1. The van der Waals surface area contributed by atoms with Crippen LogP contribution in [0.2, 0.25) is 5.02 Å².